The van der Waals surface area contributed by atoms with Gasteiger partial charge in [0.15, 0.2) is 0 Å². The standard InChI is InChI=1S/C25H29N5O2/c1-16(2)15-30-17(3)29-23(19-7-5-4-6-8-19)21(25(30)32)13-22(31)28-14-18-9-11-20(12-10-18)24(26)27/h4-12,16H,13-15H2,1-3H3,(H3,26,27)(H,28,31). The molecule has 1 heterocycles. The molecular formula is C25H29N5O2. The molecule has 4 N–H and O–H groups in total. The van der Waals surface area contributed by atoms with Crippen LogP contribution < -0.4 is 16.6 Å². The van der Waals surface area contributed by atoms with E-state index in [2.05, 4.69) is 5.32 Å². The molecule has 0 aliphatic rings. The zero-order chi connectivity index (χ0) is 23.3. The predicted molar refractivity (Wildman–Crippen MR) is 127 cm³/mol. The van der Waals surface area contributed by atoms with Crippen LogP contribution in [0.1, 0.15) is 36.4 Å². The molecule has 0 radical (unpaired) electrons. The van der Waals surface area contributed by atoms with Gasteiger partial charge in [0, 0.05) is 24.2 Å². The number of rotatable bonds is 8. The van der Waals surface area contributed by atoms with Gasteiger partial charge in [-0.3, -0.25) is 19.6 Å². The minimum absolute atomic E-state index is 0.00132. The van der Waals surface area contributed by atoms with Gasteiger partial charge in [0.1, 0.15) is 11.7 Å². The second kappa shape index (κ2) is 10.0. The molecule has 0 bridgehead atoms. The molecule has 32 heavy (non-hydrogen) atoms. The largest absolute Gasteiger partial charge is 0.384 e. The second-order valence-electron chi connectivity index (χ2n) is 8.23. The number of aromatic nitrogens is 2. The molecule has 0 saturated carbocycles. The van der Waals surface area contributed by atoms with E-state index in [-0.39, 0.29) is 29.6 Å². The zero-order valence-corrected chi connectivity index (χ0v) is 18.7. The fourth-order valence-electron chi connectivity index (χ4n) is 3.50. The van der Waals surface area contributed by atoms with Gasteiger partial charge in [0.25, 0.3) is 5.56 Å². The Morgan fingerprint density at radius 2 is 1.78 bits per heavy atom. The molecule has 1 amide bonds. The number of carbonyl (C=O) groups is 1. The van der Waals surface area contributed by atoms with Gasteiger partial charge in [0.05, 0.1) is 17.7 Å². The number of aryl methyl sites for hydroxylation is 1. The van der Waals surface area contributed by atoms with E-state index in [0.29, 0.717) is 35.7 Å². The topological polar surface area (TPSA) is 114 Å². The third-order valence-electron chi connectivity index (χ3n) is 5.14. The molecule has 2 aromatic carbocycles. The van der Waals surface area contributed by atoms with Crippen molar-refractivity contribution in [1.29, 1.82) is 5.41 Å². The van der Waals surface area contributed by atoms with Gasteiger partial charge < -0.3 is 11.1 Å². The average molecular weight is 432 g/mol. The van der Waals surface area contributed by atoms with Gasteiger partial charge >= 0.3 is 0 Å². The summed E-state index contributed by atoms with van der Waals surface area (Å²) in [6.07, 6.45) is -0.0556. The number of nitrogens with zero attached hydrogens (tertiary/aromatic N) is 2. The molecule has 0 spiro atoms. The Morgan fingerprint density at radius 1 is 1.12 bits per heavy atom. The van der Waals surface area contributed by atoms with Gasteiger partial charge in [-0.1, -0.05) is 68.4 Å². The summed E-state index contributed by atoms with van der Waals surface area (Å²) in [5.41, 5.74) is 8.57. The number of hydrogen-bond acceptors (Lipinski definition) is 4. The van der Waals surface area contributed by atoms with Crippen molar-refractivity contribution in [2.75, 3.05) is 0 Å². The van der Waals surface area contributed by atoms with Gasteiger partial charge in [0.2, 0.25) is 5.91 Å². The quantitative estimate of drug-likeness (QED) is 0.376. The lowest BCUT2D eigenvalue weighted by atomic mass is 10.0. The number of nitrogen functional groups attached to an aromatic ring is 1. The van der Waals surface area contributed by atoms with Crippen LogP contribution >= 0.6 is 0 Å². The van der Waals surface area contributed by atoms with Crippen LogP contribution in [0.4, 0.5) is 0 Å². The van der Waals surface area contributed by atoms with Crippen molar-refractivity contribution in [3.63, 3.8) is 0 Å². The van der Waals surface area contributed by atoms with E-state index in [9.17, 15) is 9.59 Å². The van der Waals surface area contributed by atoms with Crippen molar-refractivity contribution in [3.8, 4) is 11.3 Å². The van der Waals surface area contributed by atoms with Crippen molar-refractivity contribution in [2.45, 2.75) is 40.3 Å². The summed E-state index contributed by atoms with van der Waals surface area (Å²) >= 11 is 0. The third-order valence-corrected chi connectivity index (χ3v) is 5.14. The van der Waals surface area contributed by atoms with Crippen LogP contribution in [0.25, 0.3) is 11.3 Å². The van der Waals surface area contributed by atoms with E-state index in [0.717, 1.165) is 11.1 Å². The molecular weight excluding hydrogens is 402 g/mol. The van der Waals surface area contributed by atoms with Gasteiger partial charge in [-0.05, 0) is 18.4 Å². The van der Waals surface area contributed by atoms with Gasteiger partial charge in [-0.2, -0.15) is 0 Å². The first-order valence-electron chi connectivity index (χ1n) is 10.6. The highest BCUT2D eigenvalue weighted by Crippen LogP contribution is 2.20. The first-order valence-corrected chi connectivity index (χ1v) is 10.6. The lowest BCUT2D eigenvalue weighted by Crippen LogP contribution is -2.33. The molecule has 0 fully saturated rings. The summed E-state index contributed by atoms with van der Waals surface area (Å²) < 4.78 is 1.65. The molecule has 166 valence electrons. The molecule has 3 rings (SSSR count). The highest BCUT2D eigenvalue weighted by atomic mass is 16.2. The van der Waals surface area contributed by atoms with Crippen molar-refractivity contribution in [3.05, 3.63) is 87.5 Å². The number of amides is 1. The van der Waals surface area contributed by atoms with Crippen LogP contribution in [0.5, 0.6) is 0 Å². The number of carbonyl (C=O) groups excluding carboxylic acids is 1. The molecule has 7 nitrogen and oxygen atoms in total. The summed E-state index contributed by atoms with van der Waals surface area (Å²) in [6.45, 7) is 6.77. The SMILES string of the molecule is Cc1nc(-c2ccccc2)c(CC(=O)NCc2ccc(C(=N)N)cc2)c(=O)n1CC(C)C. The molecule has 0 unspecified atom stereocenters. The van der Waals surface area contributed by atoms with Crippen LogP contribution in [0, 0.1) is 18.3 Å². The lowest BCUT2D eigenvalue weighted by molar-refractivity contribution is -0.120. The van der Waals surface area contributed by atoms with Crippen molar-refractivity contribution >= 4 is 11.7 Å². The van der Waals surface area contributed by atoms with Gasteiger partial charge in [-0.15, -0.1) is 0 Å². The molecule has 0 aliphatic carbocycles. The van der Waals surface area contributed by atoms with E-state index in [1.54, 1.807) is 16.7 Å². The third kappa shape index (κ3) is 5.49. The lowest BCUT2D eigenvalue weighted by Gasteiger charge is -2.17. The van der Waals surface area contributed by atoms with Crippen LogP contribution in [-0.4, -0.2) is 21.3 Å². The molecule has 0 atom stereocenters. The Balaban J connectivity index is 1.87. The Kier molecular flexibility index (Phi) is 7.20. The van der Waals surface area contributed by atoms with Crippen molar-refractivity contribution in [2.24, 2.45) is 11.7 Å². The van der Waals surface area contributed by atoms with E-state index in [1.807, 2.05) is 63.2 Å². The normalized spacial score (nSPS) is 10.9. The van der Waals surface area contributed by atoms with Crippen LogP contribution in [0.2, 0.25) is 0 Å². The average Bonchev–Trinajstić information content (AvgIpc) is 2.77. The smallest absolute Gasteiger partial charge is 0.257 e. The fourth-order valence-corrected chi connectivity index (χ4v) is 3.50. The van der Waals surface area contributed by atoms with Gasteiger partial charge in [-0.25, -0.2) is 4.98 Å². The molecule has 3 aromatic rings. The number of benzene rings is 2. The minimum atomic E-state index is -0.253. The molecule has 7 heteroatoms. The Labute approximate surface area is 187 Å². The maximum atomic E-state index is 13.3. The summed E-state index contributed by atoms with van der Waals surface area (Å²) in [5.74, 6) is 0.656. The Hall–Kier alpha value is -3.74. The monoisotopic (exact) mass is 431 g/mol. The van der Waals surface area contributed by atoms with E-state index < -0.39 is 0 Å². The molecule has 0 saturated heterocycles. The molecule has 0 aliphatic heterocycles. The fraction of sp³-hybridized carbons (Fsp3) is 0.280. The number of nitrogens with one attached hydrogen (secondary N) is 2. The highest BCUT2D eigenvalue weighted by Gasteiger charge is 2.19. The van der Waals surface area contributed by atoms with Crippen LogP contribution in [0.15, 0.2) is 59.4 Å². The van der Waals surface area contributed by atoms with Crippen molar-refractivity contribution in [1.82, 2.24) is 14.9 Å². The maximum Gasteiger partial charge on any atom is 0.257 e. The molecule has 1 aromatic heterocycles. The van der Waals surface area contributed by atoms with Crippen molar-refractivity contribution < 1.29 is 4.79 Å². The van der Waals surface area contributed by atoms with E-state index in [1.165, 1.54) is 0 Å². The first kappa shape index (κ1) is 22.9. The van der Waals surface area contributed by atoms with Crippen LogP contribution in [0.3, 0.4) is 0 Å². The zero-order valence-electron chi connectivity index (χ0n) is 18.7. The van der Waals surface area contributed by atoms with E-state index in [4.69, 9.17) is 16.1 Å². The summed E-state index contributed by atoms with van der Waals surface area (Å²) in [7, 11) is 0. The number of nitrogens with two attached hydrogens (primary N) is 1. The van der Waals surface area contributed by atoms with Crippen LogP contribution in [-0.2, 0) is 24.3 Å². The second-order valence-corrected chi connectivity index (χ2v) is 8.23. The summed E-state index contributed by atoms with van der Waals surface area (Å²) in [5, 5.41) is 10.3. The summed E-state index contributed by atoms with van der Waals surface area (Å²) in [4.78, 5) is 30.8. The number of amidine groups is 1. The highest BCUT2D eigenvalue weighted by molar-refractivity contribution is 5.94. The predicted octanol–water partition coefficient (Wildman–Crippen LogP) is 3.02. The first-order chi connectivity index (χ1) is 15.3. The Bertz CT molecular complexity index is 1170. The minimum Gasteiger partial charge on any atom is -0.384 e. The van der Waals surface area contributed by atoms with E-state index >= 15 is 0 Å². The maximum absolute atomic E-state index is 13.3. The number of hydrogen-bond donors (Lipinski definition) is 3. The summed E-state index contributed by atoms with van der Waals surface area (Å²) in [6, 6.07) is 16.6. The Morgan fingerprint density at radius 3 is 2.38 bits per heavy atom.